The molecule has 0 aliphatic rings. The summed E-state index contributed by atoms with van der Waals surface area (Å²) in [6.45, 7) is 54.4. The highest BCUT2D eigenvalue weighted by Crippen LogP contribution is 2.39. The van der Waals surface area contributed by atoms with E-state index in [-0.39, 0.29) is 0 Å². The molecule has 0 saturated heterocycles. The summed E-state index contributed by atoms with van der Waals surface area (Å²) in [4.78, 5) is 0. The van der Waals surface area contributed by atoms with Gasteiger partial charge in [0.05, 0.1) is 40.1 Å². The van der Waals surface area contributed by atoms with Gasteiger partial charge < -0.3 is 28.4 Å². The van der Waals surface area contributed by atoms with Crippen molar-refractivity contribution in [3.8, 4) is 101 Å². The van der Waals surface area contributed by atoms with Crippen LogP contribution in [0.5, 0.6) is 34.5 Å². The van der Waals surface area contributed by atoms with E-state index in [9.17, 15) is 0 Å². The first-order valence-corrected chi connectivity index (χ1v) is 55.4. The third-order valence-electron chi connectivity index (χ3n) is 28.4. The van der Waals surface area contributed by atoms with E-state index in [2.05, 4.69) is 371 Å². The highest BCUT2D eigenvalue weighted by Gasteiger charge is 2.18. The summed E-state index contributed by atoms with van der Waals surface area (Å²) in [7, 11) is 1.73. The van der Waals surface area contributed by atoms with Crippen molar-refractivity contribution in [2.24, 2.45) is 0 Å². The normalized spacial score (nSPS) is 10.8. The van der Waals surface area contributed by atoms with E-state index >= 15 is 0 Å². The summed E-state index contributed by atoms with van der Waals surface area (Å²) in [5.74, 6) is 6.09. The lowest BCUT2D eigenvalue weighted by molar-refractivity contribution is 0.303. The highest BCUT2D eigenvalue weighted by atomic mass is 16.5. The molecule has 0 radical (unpaired) electrons. The number of aryl methyl sites for hydroxylation is 6. The van der Waals surface area contributed by atoms with Gasteiger partial charge in [0.15, 0.2) is 0 Å². The van der Waals surface area contributed by atoms with Gasteiger partial charge >= 0.3 is 0 Å². The fourth-order valence-electron chi connectivity index (χ4n) is 18.2. The Labute approximate surface area is 860 Å². The van der Waals surface area contributed by atoms with Gasteiger partial charge in [0, 0.05) is 0 Å². The van der Waals surface area contributed by atoms with Crippen LogP contribution in [0.3, 0.4) is 0 Å². The van der Waals surface area contributed by atoms with Crippen molar-refractivity contribution < 1.29 is 28.4 Å². The Morgan fingerprint density at radius 2 is 0.326 bits per heavy atom. The molecule has 0 heterocycles. The van der Waals surface area contributed by atoms with Crippen molar-refractivity contribution in [3.05, 3.63) is 319 Å². The molecule has 12 aromatic rings. The van der Waals surface area contributed by atoms with Crippen molar-refractivity contribution in [1.29, 1.82) is 0 Å². The molecule has 762 valence electrons. The van der Waals surface area contributed by atoms with Crippen LogP contribution < -0.4 is 28.4 Å². The van der Waals surface area contributed by atoms with Gasteiger partial charge in [-0.05, 0) is 396 Å². The van der Waals surface area contributed by atoms with E-state index in [1.807, 2.05) is 6.92 Å². The summed E-state index contributed by atoms with van der Waals surface area (Å²) in [6, 6.07) is 80.3. The minimum atomic E-state index is 0.714. The van der Waals surface area contributed by atoms with E-state index in [1.54, 1.807) is 7.11 Å². The molecular formula is C135H186O6. The molecule has 12 rings (SSSR count). The minimum Gasteiger partial charge on any atom is -0.496 e. The fourth-order valence-corrected chi connectivity index (χ4v) is 18.2. The zero-order chi connectivity index (χ0) is 102. The predicted octanol–water partition coefficient (Wildman–Crippen LogP) is 40.1. The largest absolute Gasteiger partial charge is 0.496 e. The van der Waals surface area contributed by atoms with Crippen molar-refractivity contribution in [2.75, 3.05) is 40.1 Å². The van der Waals surface area contributed by atoms with Crippen LogP contribution in [0.15, 0.2) is 218 Å². The van der Waals surface area contributed by atoms with Crippen LogP contribution >= 0.6 is 0 Å². The first-order valence-electron chi connectivity index (χ1n) is 55.4. The Morgan fingerprint density at radius 1 is 0.149 bits per heavy atom. The average molecular weight is 1900 g/mol. The van der Waals surface area contributed by atoms with Crippen LogP contribution in [0.2, 0.25) is 0 Å². The number of hydrogen-bond acceptors (Lipinski definition) is 6. The Bertz CT molecular complexity index is 5480. The van der Waals surface area contributed by atoms with Crippen LogP contribution in [-0.4, -0.2) is 40.1 Å². The first-order chi connectivity index (χ1) is 68.5. The van der Waals surface area contributed by atoms with Gasteiger partial charge in [-0.1, -0.05) is 367 Å². The third kappa shape index (κ3) is 38.9. The molecule has 0 aliphatic carbocycles. The Balaban J connectivity index is 0.000000230. The lowest BCUT2D eigenvalue weighted by atomic mass is 9.95. The molecule has 141 heavy (non-hydrogen) atoms. The number of unbranched alkanes of at least 4 members (excludes halogenated alkanes) is 18. The van der Waals surface area contributed by atoms with Gasteiger partial charge in [-0.3, -0.25) is 0 Å². The second-order valence-corrected chi connectivity index (χ2v) is 39.2. The lowest BCUT2D eigenvalue weighted by Gasteiger charge is -2.15. The molecule has 0 fully saturated rings. The van der Waals surface area contributed by atoms with Crippen LogP contribution in [-0.2, 0) is 38.5 Å². The van der Waals surface area contributed by atoms with Crippen molar-refractivity contribution in [3.63, 3.8) is 0 Å². The number of methoxy groups -OCH3 is 1. The molecule has 0 bridgehead atoms. The van der Waals surface area contributed by atoms with E-state index < -0.39 is 0 Å². The van der Waals surface area contributed by atoms with Gasteiger partial charge in [0.25, 0.3) is 0 Å². The molecule has 12 aromatic carbocycles. The first kappa shape index (κ1) is 117. The maximum absolute atomic E-state index is 6.03. The molecule has 0 spiro atoms. The van der Waals surface area contributed by atoms with E-state index in [1.165, 1.54) is 360 Å². The molecule has 0 saturated carbocycles. The number of ether oxygens (including phenoxy) is 6. The fraction of sp³-hybridized carbons (Fsp3) is 0.467. The van der Waals surface area contributed by atoms with Crippen molar-refractivity contribution in [2.45, 2.75) is 378 Å². The summed E-state index contributed by atoms with van der Waals surface area (Å²) < 4.78 is 34.8. The van der Waals surface area contributed by atoms with Crippen LogP contribution in [0.4, 0.5) is 0 Å². The Hall–Kier alpha value is -10.6. The van der Waals surface area contributed by atoms with E-state index in [4.69, 9.17) is 28.4 Å². The maximum atomic E-state index is 6.03. The van der Waals surface area contributed by atoms with E-state index in [0.717, 1.165) is 86.6 Å². The zero-order valence-electron chi connectivity index (χ0n) is 92.8. The minimum absolute atomic E-state index is 0.714. The number of rotatable bonds is 51. The van der Waals surface area contributed by atoms with E-state index in [0.29, 0.717) is 6.61 Å². The van der Waals surface area contributed by atoms with Gasteiger partial charge in [-0.15, -0.1) is 0 Å². The SMILES string of the molecule is CCCCCCOc1ccc(-c2ccc(CCCCC)cc2)c(C)c1C.CCCCCOc1ccc(-c2ccc(CCCCC)cc2)c(C)c1C.CCCCCc1ccc(-c2ccc(OC)c(C)c2C)cc1.CCCCCc1ccc(-c2ccc(OCC)c(C)c2C)cc1.CCCCCc1ccc(-c2ccc(OCCC)c(C)c2C)cc1.CCCCCc1ccc(-c2ccc(OCCCC)c(C)c2C)cc1. The number of hydrogen-bond donors (Lipinski definition) is 0. The molecule has 0 aliphatic heterocycles. The zero-order valence-corrected chi connectivity index (χ0v) is 92.8. The maximum Gasteiger partial charge on any atom is 0.122 e. The van der Waals surface area contributed by atoms with Crippen molar-refractivity contribution >= 4 is 0 Å². The number of benzene rings is 12. The average Bonchev–Trinajstić information content (AvgIpc) is 0.837. The second kappa shape index (κ2) is 67.1. The third-order valence-corrected chi connectivity index (χ3v) is 28.4. The molecular weight excluding hydrogens is 1720 g/mol. The molecule has 6 nitrogen and oxygen atoms in total. The lowest BCUT2D eigenvalue weighted by Crippen LogP contribution is -2.00. The van der Waals surface area contributed by atoms with Crippen LogP contribution in [0.1, 0.15) is 356 Å². The van der Waals surface area contributed by atoms with Gasteiger partial charge in [-0.25, -0.2) is 0 Å². The highest BCUT2D eigenvalue weighted by molar-refractivity contribution is 5.76. The van der Waals surface area contributed by atoms with Crippen molar-refractivity contribution in [1.82, 2.24) is 0 Å². The molecule has 0 amide bonds. The Kier molecular flexibility index (Phi) is 55.8. The molecule has 0 unspecified atom stereocenters. The van der Waals surface area contributed by atoms with Gasteiger partial charge in [0.2, 0.25) is 0 Å². The predicted molar refractivity (Wildman–Crippen MR) is 616 cm³/mol. The van der Waals surface area contributed by atoms with Gasteiger partial charge in [-0.2, -0.15) is 0 Å². The summed E-state index contributed by atoms with van der Waals surface area (Å²) in [5, 5.41) is 0. The second-order valence-electron chi connectivity index (χ2n) is 39.2. The molecule has 6 heteroatoms. The smallest absolute Gasteiger partial charge is 0.122 e. The Morgan fingerprint density at radius 3 is 0.532 bits per heavy atom. The molecule has 0 atom stereocenters. The quantitative estimate of drug-likeness (QED) is 0.0354. The van der Waals surface area contributed by atoms with Gasteiger partial charge in [0.1, 0.15) is 34.5 Å². The molecule has 0 N–H and O–H groups in total. The monoisotopic (exact) mass is 1900 g/mol. The summed E-state index contributed by atoms with van der Waals surface area (Å²) in [6.07, 6.45) is 42.4. The summed E-state index contributed by atoms with van der Waals surface area (Å²) >= 11 is 0. The van der Waals surface area contributed by atoms with Crippen LogP contribution in [0, 0.1) is 83.1 Å². The topological polar surface area (TPSA) is 55.4 Å². The molecule has 0 aromatic heterocycles. The summed E-state index contributed by atoms with van der Waals surface area (Å²) in [5.41, 5.74) is 39.7. The van der Waals surface area contributed by atoms with Crippen LogP contribution in [0.25, 0.3) is 66.8 Å². The standard InChI is InChI=1S/C25H36O.C24H34O.C23H32O.C22H30O.C21H28O.C20H26O/c1-5-7-9-11-19-26-25-18-17-24(20(3)21(25)4)23-15-13-22(14-16-23)12-10-8-6-2;1-5-7-9-11-21-12-14-22(15-13-21)23-16-17-24(20(4)19(23)3)25-18-10-8-6-2;1-5-7-9-10-20-11-13-21(14-12-20)22-15-16-23(19(4)18(22)3)24-17-8-6-2;1-5-7-8-9-19-10-12-20(13-11-19)21-14-15-22(23-16-6-2)18(4)17(21)3;1-5-7-8-9-18-10-12-19(13-11-18)20-14-15-21(22-6-2)17(4)16(20)3;1-5-6-7-8-17-9-11-18(12-10-17)19-13-14-20(21-4)16(3)15(19)2/h13-18H,5-12,19H2,1-4H3;12-17H,5-11,18H2,1-4H3;11-16H,5-10,17H2,1-4H3;10-15H,5-9,16H2,1-4H3;10-15H,5-9H2,1-4H3;9-14H,5-8H2,1-4H3.